The molecule has 1 amide bonds. The number of hydrogen-bond acceptors (Lipinski definition) is 4. The van der Waals surface area contributed by atoms with Crippen molar-refractivity contribution in [1.29, 1.82) is 0 Å². The van der Waals surface area contributed by atoms with Crippen molar-refractivity contribution < 1.29 is 9.53 Å². The average molecular weight is 269 g/mol. The highest BCUT2D eigenvalue weighted by Gasteiger charge is 2.23. The van der Waals surface area contributed by atoms with Crippen LogP contribution in [0.1, 0.15) is 0 Å². The molecule has 2 aromatic carbocycles. The number of nitrogens with one attached hydrogen (secondary N) is 1. The average Bonchev–Trinajstić information content (AvgIpc) is 2.47. The number of para-hydroxylation sites is 2. The summed E-state index contributed by atoms with van der Waals surface area (Å²) in [6.07, 6.45) is 0. The summed E-state index contributed by atoms with van der Waals surface area (Å²) in [4.78, 5) is 13.8. The number of methoxy groups -OCH3 is 1. The number of amides is 1. The van der Waals surface area contributed by atoms with Gasteiger partial charge in [-0.05, 0) is 24.3 Å². The van der Waals surface area contributed by atoms with Crippen molar-refractivity contribution in [3.05, 3.63) is 42.5 Å². The number of benzene rings is 2. The van der Waals surface area contributed by atoms with Gasteiger partial charge in [-0.15, -0.1) is 0 Å². The van der Waals surface area contributed by atoms with E-state index < -0.39 is 0 Å². The molecule has 0 bridgehead atoms. The first-order valence-corrected chi connectivity index (χ1v) is 6.29. The van der Waals surface area contributed by atoms with E-state index in [1.54, 1.807) is 13.2 Å². The summed E-state index contributed by atoms with van der Waals surface area (Å²) in [6.45, 7) is 0.268. The van der Waals surface area contributed by atoms with Crippen molar-refractivity contribution in [2.24, 2.45) is 0 Å². The molecular weight excluding hydrogens is 254 g/mol. The smallest absolute Gasteiger partial charge is 0.244 e. The minimum Gasteiger partial charge on any atom is -0.495 e. The van der Waals surface area contributed by atoms with Crippen LogP contribution in [0.15, 0.2) is 42.5 Å². The lowest BCUT2D eigenvalue weighted by Crippen LogP contribution is -2.34. The standard InChI is InChI=1S/C15H15N3O2/c1-20-14-8-10(6-7-11(14)16)18-9-15(19)17-12-4-2-3-5-13(12)18/h2-8H,9,16H2,1H3,(H,17,19). The Bertz CT molecular complexity index is 670. The van der Waals surface area contributed by atoms with E-state index in [-0.39, 0.29) is 12.5 Å². The summed E-state index contributed by atoms with van der Waals surface area (Å²) in [5, 5.41) is 2.86. The van der Waals surface area contributed by atoms with Gasteiger partial charge in [-0.2, -0.15) is 0 Å². The highest BCUT2D eigenvalue weighted by Crippen LogP contribution is 2.37. The summed E-state index contributed by atoms with van der Waals surface area (Å²) in [6, 6.07) is 13.2. The molecule has 20 heavy (non-hydrogen) atoms. The fourth-order valence-electron chi connectivity index (χ4n) is 2.33. The van der Waals surface area contributed by atoms with Gasteiger partial charge >= 0.3 is 0 Å². The largest absolute Gasteiger partial charge is 0.495 e. The summed E-state index contributed by atoms with van der Waals surface area (Å²) < 4.78 is 5.24. The summed E-state index contributed by atoms with van der Waals surface area (Å²) in [5.74, 6) is 0.561. The minimum atomic E-state index is -0.0421. The normalized spacial score (nSPS) is 13.7. The Hall–Kier alpha value is -2.69. The van der Waals surface area contributed by atoms with Gasteiger partial charge in [0.1, 0.15) is 12.3 Å². The maximum Gasteiger partial charge on any atom is 0.244 e. The molecule has 0 unspecified atom stereocenters. The zero-order chi connectivity index (χ0) is 14.1. The maximum atomic E-state index is 11.8. The Morgan fingerprint density at radius 2 is 2.05 bits per heavy atom. The molecule has 0 saturated heterocycles. The van der Waals surface area contributed by atoms with Gasteiger partial charge in [0.05, 0.1) is 24.2 Å². The molecule has 1 aliphatic heterocycles. The van der Waals surface area contributed by atoms with Crippen molar-refractivity contribution in [2.45, 2.75) is 0 Å². The second-order valence-electron chi connectivity index (χ2n) is 4.58. The number of carbonyl (C=O) groups excluding carboxylic acids is 1. The fourth-order valence-corrected chi connectivity index (χ4v) is 2.33. The predicted octanol–water partition coefficient (Wildman–Crippen LogP) is 2.37. The van der Waals surface area contributed by atoms with Crippen molar-refractivity contribution in [1.82, 2.24) is 0 Å². The van der Waals surface area contributed by atoms with Crippen LogP contribution in [0.4, 0.5) is 22.7 Å². The Labute approximate surface area is 117 Å². The zero-order valence-electron chi connectivity index (χ0n) is 11.1. The molecule has 1 aliphatic rings. The van der Waals surface area contributed by atoms with Crippen molar-refractivity contribution in [2.75, 3.05) is 29.6 Å². The third-order valence-corrected chi connectivity index (χ3v) is 3.30. The number of nitrogens with zero attached hydrogens (tertiary/aromatic N) is 1. The predicted molar refractivity (Wildman–Crippen MR) is 79.5 cm³/mol. The van der Waals surface area contributed by atoms with Crippen LogP contribution in [-0.4, -0.2) is 19.6 Å². The van der Waals surface area contributed by atoms with E-state index in [0.717, 1.165) is 17.1 Å². The SMILES string of the molecule is COc1cc(N2CC(=O)Nc3ccccc32)ccc1N. The molecule has 0 atom stereocenters. The Morgan fingerprint density at radius 1 is 1.25 bits per heavy atom. The van der Waals surface area contributed by atoms with Gasteiger partial charge in [0.2, 0.25) is 5.91 Å². The van der Waals surface area contributed by atoms with Crippen LogP contribution in [0.3, 0.4) is 0 Å². The topological polar surface area (TPSA) is 67.6 Å². The molecule has 0 saturated carbocycles. The fraction of sp³-hybridized carbons (Fsp3) is 0.133. The summed E-state index contributed by atoms with van der Waals surface area (Å²) >= 11 is 0. The third kappa shape index (κ3) is 2.03. The number of nitrogen functional groups attached to an aromatic ring is 1. The first kappa shape index (κ1) is 12.3. The van der Waals surface area contributed by atoms with Gasteiger partial charge in [-0.1, -0.05) is 12.1 Å². The molecule has 3 N–H and O–H groups in total. The number of ether oxygens (including phenoxy) is 1. The first-order valence-electron chi connectivity index (χ1n) is 6.29. The van der Waals surface area contributed by atoms with Gasteiger partial charge in [0, 0.05) is 11.8 Å². The number of rotatable bonds is 2. The molecule has 3 rings (SSSR count). The minimum absolute atomic E-state index is 0.0421. The van der Waals surface area contributed by atoms with Crippen LogP contribution in [0, 0.1) is 0 Å². The number of nitrogens with two attached hydrogens (primary N) is 1. The highest BCUT2D eigenvalue weighted by atomic mass is 16.5. The molecule has 0 fully saturated rings. The van der Waals surface area contributed by atoms with Gasteiger partial charge in [0.25, 0.3) is 0 Å². The van der Waals surface area contributed by atoms with Crippen LogP contribution in [-0.2, 0) is 4.79 Å². The molecule has 1 heterocycles. The maximum absolute atomic E-state index is 11.8. The molecule has 102 valence electrons. The molecule has 0 aliphatic carbocycles. The van der Waals surface area contributed by atoms with E-state index in [0.29, 0.717) is 11.4 Å². The Kier molecular flexibility index (Phi) is 2.95. The monoisotopic (exact) mass is 269 g/mol. The van der Waals surface area contributed by atoms with E-state index in [2.05, 4.69) is 5.32 Å². The molecule has 0 radical (unpaired) electrons. The van der Waals surface area contributed by atoms with Crippen LogP contribution >= 0.6 is 0 Å². The molecule has 0 spiro atoms. The van der Waals surface area contributed by atoms with E-state index in [1.807, 2.05) is 41.3 Å². The van der Waals surface area contributed by atoms with Crippen molar-refractivity contribution in [3.8, 4) is 5.75 Å². The third-order valence-electron chi connectivity index (χ3n) is 3.30. The summed E-state index contributed by atoms with van der Waals surface area (Å²) in [7, 11) is 1.58. The van der Waals surface area contributed by atoms with Crippen LogP contribution < -0.4 is 20.7 Å². The van der Waals surface area contributed by atoms with Gasteiger partial charge < -0.3 is 20.7 Å². The van der Waals surface area contributed by atoms with Crippen molar-refractivity contribution in [3.63, 3.8) is 0 Å². The van der Waals surface area contributed by atoms with Gasteiger partial charge in [0.15, 0.2) is 0 Å². The Morgan fingerprint density at radius 3 is 2.85 bits per heavy atom. The van der Waals surface area contributed by atoms with Gasteiger partial charge in [-0.3, -0.25) is 4.79 Å². The second-order valence-corrected chi connectivity index (χ2v) is 4.58. The molecule has 5 heteroatoms. The number of hydrogen-bond donors (Lipinski definition) is 2. The first-order chi connectivity index (χ1) is 9.69. The van der Waals surface area contributed by atoms with Crippen LogP contribution in [0.25, 0.3) is 0 Å². The van der Waals surface area contributed by atoms with E-state index in [1.165, 1.54) is 0 Å². The lowest BCUT2D eigenvalue weighted by Gasteiger charge is -2.31. The van der Waals surface area contributed by atoms with E-state index in [4.69, 9.17) is 10.5 Å². The lowest BCUT2D eigenvalue weighted by atomic mass is 10.1. The van der Waals surface area contributed by atoms with Crippen LogP contribution in [0.2, 0.25) is 0 Å². The highest BCUT2D eigenvalue weighted by molar-refractivity contribution is 6.03. The number of fused-ring (bicyclic) bond motifs is 1. The molecule has 0 aromatic heterocycles. The molecule has 5 nitrogen and oxygen atoms in total. The molecular formula is C15H15N3O2. The molecule has 2 aromatic rings. The zero-order valence-corrected chi connectivity index (χ0v) is 11.1. The number of anilines is 4. The second kappa shape index (κ2) is 4.77. The Balaban J connectivity index is 2.08. The quantitative estimate of drug-likeness (QED) is 0.821. The summed E-state index contributed by atoms with van der Waals surface area (Å²) in [5.41, 5.74) is 9.04. The number of carbonyl (C=O) groups is 1. The van der Waals surface area contributed by atoms with Crippen LogP contribution in [0.5, 0.6) is 5.75 Å². The lowest BCUT2D eigenvalue weighted by molar-refractivity contribution is -0.115. The van der Waals surface area contributed by atoms with E-state index >= 15 is 0 Å². The van der Waals surface area contributed by atoms with Crippen molar-refractivity contribution >= 4 is 28.7 Å². The van der Waals surface area contributed by atoms with Gasteiger partial charge in [-0.25, -0.2) is 0 Å². The van der Waals surface area contributed by atoms with E-state index in [9.17, 15) is 4.79 Å².